The second-order valence-electron chi connectivity index (χ2n) is 7.06. The number of hydrogen-bond donors (Lipinski definition) is 1. The molecule has 5 rings (SSSR count). The van der Waals surface area contributed by atoms with Gasteiger partial charge in [-0.3, -0.25) is 4.99 Å². The zero-order chi connectivity index (χ0) is 19.1. The smallest absolute Gasteiger partial charge is 0.231 e. The van der Waals surface area contributed by atoms with Gasteiger partial charge in [-0.15, -0.1) is 0 Å². The molecule has 0 radical (unpaired) electrons. The molecule has 0 saturated heterocycles. The number of ether oxygens (including phenoxy) is 2. The monoisotopic (exact) mass is 391 g/mol. The highest BCUT2D eigenvalue weighted by atomic mass is 32.2. The summed E-state index contributed by atoms with van der Waals surface area (Å²) in [7, 11) is 0. The van der Waals surface area contributed by atoms with Crippen molar-refractivity contribution >= 4 is 33.5 Å². The van der Waals surface area contributed by atoms with Crippen LogP contribution in [-0.4, -0.2) is 28.7 Å². The van der Waals surface area contributed by atoms with Gasteiger partial charge in [-0.25, -0.2) is 4.98 Å². The number of aryl methyl sites for hydroxylation is 1. The number of rotatable bonds is 3. The number of nitrogens with one attached hydrogen (secondary N) is 1. The van der Waals surface area contributed by atoms with Gasteiger partial charge in [-0.05, 0) is 43.2 Å². The van der Waals surface area contributed by atoms with E-state index in [1.165, 1.54) is 5.56 Å². The normalized spacial score (nSPS) is 17.8. The largest absolute Gasteiger partial charge is 0.454 e. The minimum atomic E-state index is 0.272. The fraction of sp³-hybridized carbons (Fsp3) is 0.273. The van der Waals surface area contributed by atoms with Crippen molar-refractivity contribution in [1.82, 2.24) is 4.98 Å². The van der Waals surface area contributed by atoms with Gasteiger partial charge < -0.3 is 14.8 Å². The Morgan fingerprint density at radius 3 is 2.64 bits per heavy atom. The highest BCUT2D eigenvalue weighted by molar-refractivity contribution is 8.14. The zero-order valence-electron chi connectivity index (χ0n) is 15.9. The molecule has 0 bridgehead atoms. The zero-order valence-corrected chi connectivity index (χ0v) is 16.7. The third-order valence-electron chi connectivity index (χ3n) is 5.13. The molecule has 2 aliphatic heterocycles. The first-order valence-corrected chi connectivity index (χ1v) is 10.5. The Morgan fingerprint density at radius 1 is 1.11 bits per heavy atom. The Hall–Kier alpha value is -2.73. The Morgan fingerprint density at radius 2 is 1.89 bits per heavy atom. The molecule has 142 valence electrons. The van der Waals surface area contributed by atoms with Crippen LogP contribution in [0.1, 0.15) is 18.9 Å². The van der Waals surface area contributed by atoms with Crippen molar-refractivity contribution < 1.29 is 9.47 Å². The molecule has 0 saturated carbocycles. The van der Waals surface area contributed by atoms with E-state index in [4.69, 9.17) is 19.5 Å². The van der Waals surface area contributed by atoms with E-state index in [0.29, 0.717) is 6.04 Å². The number of fused-ring (bicyclic) bond motifs is 2. The fourth-order valence-corrected chi connectivity index (χ4v) is 4.55. The van der Waals surface area contributed by atoms with Crippen molar-refractivity contribution in [2.24, 2.45) is 4.99 Å². The number of thioether (sulfide) groups is 1. The lowest BCUT2D eigenvalue weighted by Crippen LogP contribution is -2.05. The number of pyridine rings is 1. The fourth-order valence-electron chi connectivity index (χ4n) is 3.47. The minimum absolute atomic E-state index is 0.272. The number of hydrogen-bond acceptors (Lipinski definition) is 6. The molecule has 28 heavy (non-hydrogen) atoms. The first kappa shape index (κ1) is 17.4. The van der Waals surface area contributed by atoms with Gasteiger partial charge in [0.1, 0.15) is 0 Å². The number of amidine groups is 1. The Labute approximate surface area is 168 Å². The summed E-state index contributed by atoms with van der Waals surface area (Å²) in [6, 6.07) is 14.9. The van der Waals surface area contributed by atoms with Crippen molar-refractivity contribution in [3.8, 4) is 22.8 Å². The van der Waals surface area contributed by atoms with Crippen molar-refractivity contribution in [3.63, 3.8) is 0 Å². The van der Waals surface area contributed by atoms with E-state index in [1.54, 1.807) is 11.8 Å². The molecular formula is C22H21N3O2S. The quantitative estimate of drug-likeness (QED) is 0.662. The van der Waals surface area contributed by atoms with Gasteiger partial charge in [-0.1, -0.05) is 30.8 Å². The third kappa shape index (κ3) is 3.18. The van der Waals surface area contributed by atoms with Crippen molar-refractivity contribution in [3.05, 3.63) is 48.0 Å². The highest BCUT2D eigenvalue weighted by Crippen LogP contribution is 2.37. The second kappa shape index (κ2) is 7.02. The van der Waals surface area contributed by atoms with Crippen molar-refractivity contribution in [2.75, 3.05) is 17.9 Å². The van der Waals surface area contributed by atoms with Crippen LogP contribution in [0.4, 0.5) is 5.69 Å². The van der Waals surface area contributed by atoms with Crippen molar-refractivity contribution in [2.45, 2.75) is 26.3 Å². The predicted octanol–water partition coefficient (Wildman–Crippen LogP) is 5.23. The van der Waals surface area contributed by atoms with Gasteiger partial charge in [0.15, 0.2) is 16.7 Å². The predicted molar refractivity (Wildman–Crippen MR) is 116 cm³/mol. The Bertz CT molecular complexity index is 1080. The van der Waals surface area contributed by atoms with E-state index in [0.717, 1.165) is 56.7 Å². The average molecular weight is 391 g/mol. The van der Waals surface area contributed by atoms with Gasteiger partial charge >= 0.3 is 0 Å². The Kier molecular flexibility index (Phi) is 4.36. The molecule has 3 heterocycles. The standard InChI is InChI=1S/C22H21N3O2S/c1-3-15-11-28-22(23-15)24-16-6-4-14(5-7-16)18-8-13(2)17-9-20-21(27-12-26-20)10-19(17)25-18/h4-10,15H,3,11-12H2,1-2H3,(H,23,24)/t15-/m1/s1. The molecule has 6 heteroatoms. The summed E-state index contributed by atoms with van der Waals surface area (Å²) < 4.78 is 11.0. The summed E-state index contributed by atoms with van der Waals surface area (Å²) in [5.41, 5.74) is 5.17. The summed E-state index contributed by atoms with van der Waals surface area (Å²) in [4.78, 5) is 9.54. The van der Waals surface area contributed by atoms with E-state index < -0.39 is 0 Å². The van der Waals surface area contributed by atoms with Crippen LogP contribution in [0.3, 0.4) is 0 Å². The van der Waals surface area contributed by atoms with E-state index in [2.05, 4.69) is 49.5 Å². The number of anilines is 1. The van der Waals surface area contributed by atoms with Crippen LogP contribution in [0.15, 0.2) is 47.5 Å². The lowest BCUT2D eigenvalue weighted by molar-refractivity contribution is 0.174. The molecule has 1 atom stereocenters. The molecule has 3 aromatic rings. The summed E-state index contributed by atoms with van der Waals surface area (Å²) in [6.07, 6.45) is 1.09. The van der Waals surface area contributed by atoms with Crippen LogP contribution in [-0.2, 0) is 0 Å². The first-order valence-electron chi connectivity index (χ1n) is 9.48. The van der Waals surface area contributed by atoms with Gasteiger partial charge in [0, 0.05) is 28.5 Å². The van der Waals surface area contributed by atoms with E-state index in [-0.39, 0.29) is 6.79 Å². The van der Waals surface area contributed by atoms with E-state index in [1.807, 2.05) is 12.1 Å². The maximum atomic E-state index is 5.50. The first-order chi connectivity index (χ1) is 13.7. The molecule has 0 amide bonds. The molecule has 0 aliphatic carbocycles. The van der Waals surface area contributed by atoms with Crippen LogP contribution < -0.4 is 14.8 Å². The van der Waals surface area contributed by atoms with Crippen LogP contribution >= 0.6 is 11.8 Å². The highest BCUT2D eigenvalue weighted by Gasteiger charge is 2.17. The summed E-state index contributed by atoms with van der Waals surface area (Å²) in [6.45, 7) is 4.55. The second-order valence-corrected chi connectivity index (χ2v) is 8.07. The molecule has 0 unspecified atom stereocenters. The number of benzene rings is 2. The minimum Gasteiger partial charge on any atom is -0.454 e. The van der Waals surface area contributed by atoms with Crippen LogP contribution in [0, 0.1) is 6.92 Å². The SMILES string of the molecule is CC[C@@H]1CSC(Nc2ccc(-c3cc(C)c4cc5c(cc4n3)OCO5)cc2)=N1. The number of aromatic nitrogens is 1. The Balaban J connectivity index is 1.43. The maximum Gasteiger partial charge on any atom is 0.231 e. The summed E-state index contributed by atoms with van der Waals surface area (Å²) in [5.74, 6) is 2.62. The van der Waals surface area contributed by atoms with Crippen LogP contribution in [0.25, 0.3) is 22.2 Å². The van der Waals surface area contributed by atoms with Crippen LogP contribution in [0.2, 0.25) is 0 Å². The number of aliphatic imine (C=N–C) groups is 1. The summed E-state index contributed by atoms with van der Waals surface area (Å²) >= 11 is 1.79. The topological polar surface area (TPSA) is 55.7 Å². The van der Waals surface area contributed by atoms with E-state index in [9.17, 15) is 0 Å². The lowest BCUT2D eigenvalue weighted by atomic mass is 10.0. The third-order valence-corrected chi connectivity index (χ3v) is 6.16. The molecule has 0 fully saturated rings. The molecule has 1 aromatic heterocycles. The molecule has 1 N–H and O–H groups in total. The van der Waals surface area contributed by atoms with E-state index >= 15 is 0 Å². The van der Waals surface area contributed by atoms with Gasteiger partial charge in [0.05, 0.1) is 17.3 Å². The molecule has 2 aliphatic rings. The van der Waals surface area contributed by atoms with Gasteiger partial charge in [0.25, 0.3) is 0 Å². The number of nitrogens with zero attached hydrogens (tertiary/aromatic N) is 2. The molecule has 0 spiro atoms. The van der Waals surface area contributed by atoms with Gasteiger partial charge in [-0.2, -0.15) is 0 Å². The van der Waals surface area contributed by atoms with Crippen LogP contribution in [0.5, 0.6) is 11.5 Å². The average Bonchev–Trinajstić information content (AvgIpc) is 3.36. The molecule has 2 aromatic carbocycles. The summed E-state index contributed by atoms with van der Waals surface area (Å²) in [5, 5.41) is 5.52. The van der Waals surface area contributed by atoms with Crippen molar-refractivity contribution in [1.29, 1.82) is 0 Å². The van der Waals surface area contributed by atoms with Gasteiger partial charge in [0.2, 0.25) is 6.79 Å². The maximum absolute atomic E-state index is 5.50. The molecule has 5 nitrogen and oxygen atoms in total. The molecular weight excluding hydrogens is 370 g/mol. The lowest BCUT2D eigenvalue weighted by Gasteiger charge is -2.09.